The molecule has 0 spiro atoms. The number of rotatable bonds is 6. The minimum atomic E-state index is -0.561. The van der Waals surface area contributed by atoms with Crippen molar-refractivity contribution < 1.29 is 14.3 Å². The van der Waals surface area contributed by atoms with Crippen molar-refractivity contribution in [1.29, 1.82) is 0 Å². The maximum absolute atomic E-state index is 13.9. The molecule has 1 aliphatic heterocycles. The van der Waals surface area contributed by atoms with Gasteiger partial charge in [0.15, 0.2) is 0 Å². The summed E-state index contributed by atoms with van der Waals surface area (Å²) in [6.45, 7) is 6.68. The smallest absolute Gasteiger partial charge is 0.256 e. The van der Waals surface area contributed by atoms with Crippen molar-refractivity contribution in [2.45, 2.75) is 70.9 Å². The first-order valence-electron chi connectivity index (χ1n) is 12.8. The molecule has 0 aromatic heterocycles. The van der Waals surface area contributed by atoms with Crippen LogP contribution in [0.2, 0.25) is 0 Å². The highest BCUT2D eigenvalue weighted by molar-refractivity contribution is 6.10. The molecule has 0 unspecified atom stereocenters. The lowest BCUT2D eigenvalue weighted by Crippen LogP contribution is -2.48. The number of hydrogen-bond acceptors (Lipinski definition) is 4. The number of carbonyl (C=O) groups is 2. The first-order valence-corrected chi connectivity index (χ1v) is 12.8. The minimum Gasteiger partial charge on any atom is -0.488 e. The van der Waals surface area contributed by atoms with Crippen molar-refractivity contribution in [1.82, 2.24) is 4.90 Å². The van der Waals surface area contributed by atoms with Gasteiger partial charge < -0.3 is 19.9 Å². The van der Waals surface area contributed by atoms with E-state index in [2.05, 4.69) is 5.32 Å². The Labute approximate surface area is 209 Å². The van der Waals surface area contributed by atoms with Gasteiger partial charge in [-0.05, 0) is 75.4 Å². The molecule has 1 fully saturated rings. The number of fused-ring (bicyclic) bond motifs is 1. The van der Waals surface area contributed by atoms with Gasteiger partial charge in [0.25, 0.3) is 5.91 Å². The lowest BCUT2D eigenvalue weighted by atomic mass is 9.88. The maximum Gasteiger partial charge on any atom is 0.256 e. The SMILES string of the molecule is CN(C)c1ccc2c(c1)C(=O)N(CC1CCCCC1)[C@@H](Cc1ccc(OC(C)(C)C)cc1)C(=O)N2. The average Bonchev–Trinajstić information content (AvgIpc) is 2.90. The van der Waals surface area contributed by atoms with Crippen LogP contribution in [0.15, 0.2) is 42.5 Å². The monoisotopic (exact) mass is 477 g/mol. The first-order chi connectivity index (χ1) is 16.6. The molecule has 0 saturated heterocycles. The molecule has 6 nitrogen and oxygen atoms in total. The van der Waals surface area contributed by atoms with E-state index in [1.807, 2.05) is 87.1 Å². The molecule has 2 aromatic carbocycles. The minimum absolute atomic E-state index is 0.0645. The van der Waals surface area contributed by atoms with Gasteiger partial charge in [-0.25, -0.2) is 0 Å². The lowest BCUT2D eigenvalue weighted by molar-refractivity contribution is -0.120. The van der Waals surface area contributed by atoms with Crippen molar-refractivity contribution in [2.24, 2.45) is 5.92 Å². The number of nitrogens with one attached hydrogen (secondary N) is 1. The zero-order valence-corrected chi connectivity index (χ0v) is 21.8. The summed E-state index contributed by atoms with van der Waals surface area (Å²) in [7, 11) is 3.91. The topological polar surface area (TPSA) is 61.9 Å². The van der Waals surface area contributed by atoms with Crippen LogP contribution in [0.3, 0.4) is 0 Å². The van der Waals surface area contributed by atoms with E-state index in [4.69, 9.17) is 4.74 Å². The molecule has 1 heterocycles. The fraction of sp³-hybridized carbons (Fsp3) is 0.517. The summed E-state index contributed by atoms with van der Waals surface area (Å²) in [5.41, 5.74) is 2.83. The van der Waals surface area contributed by atoms with Crippen molar-refractivity contribution in [3.8, 4) is 5.75 Å². The number of carbonyl (C=O) groups excluding carboxylic acids is 2. The van der Waals surface area contributed by atoms with E-state index in [9.17, 15) is 9.59 Å². The van der Waals surface area contributed by atoms with Gasteiger partial charge in [0, 0.05) is 32.7 Å². The van der Waals surface area contributed by atoms with Crippen molar-refractivity contribution in [2.75, 3.05) is 30.9 Å². The molecular weight excluding hydrogens is 438 g/mol. The number of ether oxygens (including phenoxy) is 1. The van der Waals surface area contributed by atoms with Gasteiger partial charge in [-0.2, -0.15) is 0 Å². The summed E-state index contributed by atoms with van der Waals surface area (Å²) in [6, 6.07) is 13.0. The second-order valence-electron chi connectivity index (χ2n) is 11.2. The molecule has 6 heteroatoms. The Morgan fingerprint density at radius 3 is 2.31 bits per heavy atom. The summed E-state index contributed by atoms with van der Waals surface area (Å²) in [6.07, 6.45) is 6.34. The molecule has 1 N–H and O–H groups in total. The normalized spacial score (nSPS) is 19.1. The summed E-state index contributed by atoms with van der Waals surface area (Å²) in [5.74, 6) is 1.04. The Morgan fingerprint density at radius 1 is 1.00 bits per heavy atom. The molecule has 35 heavy (non-hydrogen) atoms. The molecule has 1 aliphatic carbocycles. The molecule has 188 valence electrons. The van der Waals surface area contributed by atoms with Crippen LogP contribution in [-0.2, 0) is 11.2 Å². The number of hydrogen-bond donors (Lipinski definition) is 1. The Balaban J connectivity index is 1.64. The zero-order chi connectivity index (χ0) is 25.2. The standard InChI is InChI=1S/C29H39N3O3/c1-29(2,3)35-23-14-11-20(12-15-23)17-26-27(33)30-25-16-13-22(31(4)5)18-24(25)28(34)32(26)19-21-9-7-6-8-10-21/h11-16,18,21,26H,6-10,17,19H2,1-5H3,(H,30,33)/t26-/m0/s1. The average molecular weight is 478 g/mol. The van der Waals surface area contributed by atoms with Crippen LogP contribution in [-0.4, -0.2) is 49.0 Å². The highest BCUT2D eigenvalue weighted by Crippen LogP contribution is 2.32. The Bertz CT molecular complexity index is 1050. The van der Waals surface area contributed by atoms with E-state index in [0.717, 1.165) is 29.8 Å². The van der Waals surface area contributed by atoms with Crippen LogP contribution in [0.5, 0.6) is 5.75 Å². The fourth-order valence-electron chi connectivity index (χ4n) is 5.08. The fourth-order valence-corrected chi connectivity index (χ4v) is 5.08. The van der Waals surface area contributed by atoms with Crippen LogP contribution in [0, 0.1) is 5.92 Å². The third kappa shape index (κ3) is 6.16. The van der Waals surface area contributed by atoms with E-state index in [1.165, 1.54) is 19.3 Å². The summed E-state index contributed by atoms with van der Waals surface area (Å²) < 4.78 is 5.95. The predicted molar refractivity (Wildman–Crippen MR) is 141 cm³/mol. The summed E-state index contributed by atoms with van der Waals surface area (Å²) in [5, 5.41) is 3.05. The Hall–Kier alpha value is -3.02. The molecule has 1 atom stereocenters. The molecule has 0 radical (unpaired) electrons. The molecule has 2 amide bonds. The van der Waals surface area contributed by atoms with E-state index in [-0.39, 0.29) is 17.4 Å². The van der Waals surface area contributed by atoms with Gasteiger partial charge >= 0.3 is 0 Å². The first kappa shape index (κ1) is 25.1. The number of amides is 2. The van der Waals surface area contributed by atoms with Crippen LogP contribution >= 0.6 is 0 Å². The van der Waals surface area contributed by atoms with E-state index < -0.39 is 6.04 Å². The molecule has 4 rings (SSSR count). The molecule has 2 aliphatic rings. The molecule has 0 bridgehead atoms. The van der Waals surface area contributed by atoms with E-state index in [0.29, 0.717) is 30.1 Å². The molecule has 2 aromatic rings. The van der Waals surface area contributed by atoms with Crippen LogP contribution in [0.25, 0.3) is 0 Å². The molecule has 1 saturated carbocycles. The predicted octanol–water partition coefficient (Wildman–Crippen LogP) is 5.52. The van der Waals surface area contributed by atoms with E-state index >= 15 is 0 Å². The molecular formula is C29H39N3O3. The van der Waals surface area contributed by atoms with Crippen molar-refractivity contribution in [3.05, 3.63) is 53.6 Å². The Morgan fingerprint density at radius 2 is 1.69 bits per heavy atom. The van der Waals surface area contributed by atoms with Gasteiger partial charge in [-0.3, -0.25) is 9.59 Å². The van der Waals surface area contributed by atoms with Crippen molar-refractivity contribution >= 4 is 23.2 Å². The quantitative estimate of drug-likeness (QED) is 0.595. The number of benzene rings is 2. The third-order valence-corrected chi connectivity index (χ3v) is 6.90. The van der Waals surface area contributed by atoms with Gasteiger partial charge in [0.05, 0.1) is 11.3 Å². The highest BCUT2D eigenvalue weighted by Gasteiger charge is 2.37. The highest BCUT2D eigenvalue weighted by atomic mass is 16.5. The van der Waals surface area contributed by atoms with Gasteiger partial charge in [0.1, 0.15) is 17.4 Å². The number of nitrogens with zero attached hydrogens (tertiary/aromatic N) is 2. The van der Waals surface area contributed by atoms with Gasteiger partial charge in [0.2, 0.25) is 5.91 Å². The van der Waals surface area contributed by atoms with Gasteiger partial charge in [-0.15, -0.1) is 0 Å². The third-order valence-electron chi connectivity index (χ3n) is 6.90. The van der Waals surface area contributed by atoms with Gasteiger partial charge in [-0.1, -0.05) is 31.4 Å². The van der Waals surface area contributed by atoms with E-state index in [1.54, 1.807) is 0 Å². The van der Waals surface area contributed by atoms with Crippen LogP contribution in [0.1, 0.15) is 68.8 Å². The second kappa shape index (κ2) is 10.3. The Kier molecular flexibility index (Phi) is 7.39. The van der Waals surface area contributed by atoms with Crippen molar-refractivity contribution in [3.63, 3.8) is 0 Å². The lowest BCUT2D eigenvalue weighted by Gasteiger charge is -2.34. The van der Waals surface area contributed by atoms with Crippen LogP contribution in [0.4, 0.5) is 11.4 Å². The largest absolute Gasteiger partial charge is 0.488 e. The van der Waals surface area contributed by atoms with Crippen LogP contribution < -0.4 is 15.0 Å². The summed E-state index contributed by atoms with van der Waals surface area (Å²) in [4.78, 5) is 31.3. The zero-order valence-electron chi connectivity index (χ0n) is 21.8. The summed E-state index contributed by atoms with van der Waals surface area (Å²) >= 11 is 0. The second-order valence-corrected chi connectivity index (χ2v) is 11.2. The maximum atomic E-state index is 13.9. The number of anilines is 2.